The van der Waals surface area contributed by atoms with Crippen LogP contribution in [-0.2, 0) is 9.59 Å². The molecule has 5 nitrogen and oxygen atoms in total. The molecule has 1 aliphatic rings. The van der Waals surface area contributed by atoms with Gasteiger partial charge < -0.3 is 16.0 Å². The molecule has 0 aromatic carbocycles. The van der Waals surface area contributed by atoms with Gasteiger partial charge >= 0.3 is 0 Å². The molecule has 1 heterocycles. The molecular formula is C13H25N3O2S. The van der Waals surface area contributed by atoms with Gasteiger partial charge in [-0.2, -0.15) is 0 Å². The normalized spacial score (nSPS) is 16.6. The lowest BCUT2D eigenvalue weighted by Gasteiger charge is -2.25. The van der Waals surface area contributed by atoms with Gasteiger partial charge in [0.2, 0.25) is 11.8 Å². The zero-order chi connectivity index (χ0) is 14.3. The Morgan fingerprint density at radius 2 is 2.00 bits per heavy atom. The van der Waals surface area contributed by atoms with Crippen molar-refractivity contribution in [3.63, 3.8) is 0 Å². The monoisotopic (exact) mass is 287 g/mol. The summed E-state index contributed by atoms with van der Waals surface area (Å²) in [6.07, 6.45) is 2.22. The van der Waals surface area contributed by atoms with E-state index in [9.17, 15) is 9.59 Å². The molecule has 0 radical (unpaired) electrons. The first kappa shape index (κ1) is 16.3. The van der Waals surface area contributed by atoms with Gasteiger partial charge in [-0.05, 0) is 31.8 Å². The molecule has 0 atom stereocenters. The number of primary amides is 1. The Bertz CT molecular complexity index is 304. The van der Waals surface area contributed by atoms with Crippen molar-refractivity contribution in [2.24, 2.45) is 11.7 Å². The lowest BCUT2D eigenvalue weighted by Crippen LogP contribution is -2.42. The van der Waals surface area contributed by atoms with Crippen molar-refractivity contribution in [2.45, 2.75) is 31.9 Å². The second-order valence-electron chi connectivity index (χ2n) is 5.39. The van der Waals surface area contributed by atoms with Crippen LogP contribution in [0.1, 0.15) is 26.7 Å². The van der Waals surface area contributed by atoms with E-state index in [0.29, 0.717) is 23.5 Å². The van der Waals surface area contributed by atoms with E-state index in [2.05, 4.69) is 5.32 Å². The summed E-state index contributed by atoms with van der Waals surface area (Å²) in [6, 6.07) is 0. The largest absolute Gasteiger partial charge is 0.368 e. The van der Waals surface area contributed by atoms with Crippen molar-refractivity contribution in [3.8, 4) is 0 Å². The summed E-state index contributed by atoms with van der Waals surface area (Å²) in [6.45, 7) is 6.74. The maximum Gasteiger partial charge on any atom is 0.237 e. The lowest BCUT2D eigenvalue weighted by atomic mass is 10.2. The highest BCUT2D eigenvalue weighted by atomic mass is 32.2. The molecule has 0 aliphatic carbocycles. The van der Waals surface area contributed by atoms with Gasteiger partial charge in [-0.15, -0.1) is 11.8 Å². The SMILES string of the molecule is CC(C)CN(CC(N)=O)C(=O)CSC1CCNCC1. The zero-order valence-corrected chi connectivity index (χ0v) is 12.7. The minimum absolute atomic E-state index is 0.0241. The standard InChI is InChI=1S/C13H25N3O2S/c1-10(2)7-16(8-12(14)17)13(18)9-19-11-3-5-15-6-4-11/h10-11,15H,3-9H2,1-2H3,(H2,14,17). The number of thioether (sulfide) groups is 1. The average Bonchev–Trinajstić information content (AvgIpc) is 2.35. The van der Waals surface area contributed by atoms with Crippen molar-refractivity contribution < 1.29 is 9.59 Å². The van der Waals surface area contributed by atoms with Crippen LogP contribution in [-0.4, -0.2) is 53.9 Å². The topological polar surface area (TPSA) is 75.4 Å². The van der Waals surface area contributed by atoms with E-state index in [1.165, 1.54) is 0 Å². The number of carbonyl (C=O) groups is 2. The number of hydrogen-bond donors (Lipinski definition) is 2. The van der Waals surface area contributed by atoms with E-state index < -0.39 is 5.91 Å². The van der Waals surface area contributed by atoms with Crippen LogP contribution in [0.3, 0.4) is 0 Å². The highest BCUT2D eigenvalue weighted by Gasteiger charge is 2.20. The molecule has 0 saturated carbocycles. The van der Waals surface area contributed by atoms with Crippen LogP contribution in [0.15, 0.2) is 0 Å². The summed E-state index contributed by atoms with van der Waals surface area (Å²) >= 11 is 1.70. The highest BCUT2D eigenvalue weighted by molar-refractivity contribution is 8.00. The average molecular weight is 287 g/mol. The summed E-state index contributed by atoms with van der Waals surface area (Å²) < 4.78 is 0. The van der Waals surface area contributed by atoms with Gasteiger partial charge in [0, 0.05) is 11.8 Å². The second-order valence-corrected chi connectivity index (χ2v) is 6.68. The van der Waals surface area contributed by atoms with E-state index >= 15 is 0 Å². The van der Waals surface area contributed by atoms with Gasteiger partial charge in [-0.1, -0.05) is 13.8 Å². The van der Waals surface area contributed by atoms with Crippen molar-refractivity contribution in [3.05, 3.63) is 0 Å². The summed E-state index contributed by atoms with van der Waals surface area (Å²) in [4.78, 5) is 24.7. The van der Waals surface area contributed by atoms with Crippen molar-refractivity contribution in [1.29, 1.82) is 0 Å². The van der Waals surface area contributed by atoms with Crippen molar-refractivity contribution in [1.82, 2.24) is 10.2 Å². The van der Waals surface area contributed by atoms with Crippen LogP contribution in [0.4, 0.5) is 0 Å². The first-order chi connectivity index (χ1) is 8.99. The third-order valence-electron chi connectivity index (χ3n) is 3.01. The molecule has 0 spiro atoms. The van der Waals surface area contributed by atoms with Crippen LogP contribution in [0.25, 0.3) is 0 Å². The number of nitrogens with one attached hydrogen (secondary N) is 1. The maximum absolute atomic E-state index is 12.1. The molecule has 110 valence electrons. The van der Waals surface area contributed by atoms with E-state index in [1.807, 2.05) is 13.8 Å². The minimum atomic E-state index is -0.444. The van der Waals surface area contributed by atoms with Gasteiger partial charge in [0.05, 0.1) is 12.3 Å². The number of nitrogens with two attached hydrogens (primary N) is 1. The summed E-state index contributed by atoms with van der Waals surface area (Å²) in [5.41, 5.74) is 5.20. The maximum atomic E-state index is 12.1. The van der Waals surface area contributed by atoms with Crippen LogP contribution < -0.4 is 11.1 Å². The van der Waals surface area contributed by atoms with E-state index in [-0.39, 0.29) is 12.5 Å². The Morgan fingerprint density at radius 1 is 1.37 bits per heavy atom. The molecule has 0 unspecified atom stereocenters. The molecular weight excluding hydrogens is 262 g/mol. The Morgan fingerprint density at radius 3 is 2.53 bits per heavy atom. The number of rotatable bonds is 7. The van der Waals surface area contributed by atoms with Crippen molar-refractivity contribution in [2.75, 3.05) is 31.9 Å². The number of amides is 2. The molecule has 0 bridgehead atoms. The third kappa shape index (κ3) is 6.82. The van der Waals surface area contributed by atoms with E-state index in [0.717, 1.165) is 25.9 Å². The van der Waals surface area contributed by atoms with Crippen molar-refractivity contribution >= 4 is 23.6 Å². The van der Waals surface area contributed by atoms with Crippen LogP contribution in [0, 0.1) is 5.92 Å². The van der Waals surface area contributed by atoms with Gasteiger partial charge in [-0.3, -0.25) is 9.59 Å². The first-order valence-corrected chi connectivity index (χ1v) is 7.92. The Kier molecular flexibility index (Phi) is 7.23. The molecule has 1 aliphatic heterocycles. The summed E-state index contributed by atoms with van der Waals surface area (Å²) in [5.74, 6) is 0.370. The first-order valence-electron chi connectivity index (χ1n) is 6.87. The Hall–Kier alpha value is -0.750. The van der Waals surface area contributed by atoms with Gasteiger partial charge in [0.1, 0.15) is 0 Å². The molecule has 19 heavy (non-hydrogen) atoms. The van der Waals surface area contributed by atoms with Gasteiger partial charge in [-0.25, -0.2) is 0 Å². The number of carbonyl (C=O) groups excluding carboxylic acids is 2. The lowest BCUT2D eigenvalue weighted by molar-refractivity contribution is -0.133. The molecule has 1 fully saturated rings. The molecule has 2 amide bonds. The van der Waals surface area contributed by atoms with Gasteiger partial charge in [0.25, 0.3) is 0 Å². The van der Waals surface area contributed by atoms with Crippen LogP contribution in [0.2, 0.25) is 0 Å². The molecule has 6 heteroatoms. The number of hydrogen-bond acceptors (Lipinski definition) is 4. The predicted octanol–water partition coefficient (Wildman–Crippen LogP) is 0.442. The third-order valence-corrected chi connectivity index (χ3v) is 4.37. The minimum Gasteiger partial charge on any atom is -0.368 e. The summed E-state index contributed by atoms with van der Waals surface area (Å²) in [5, 5.41) is 3.86. The summed E-state index contributed by atoms with van der Waals surface area (Å²) in [7, 11) is 0. The highest BCUT2D eigenvalue weighted by Crippen LogP contribution is 2.20. The Labute approximate surface area is 119 Å². The van der Waals surface area contributed by atoms with Crippen LogP contribution >= 0.6 is 11.8 Å². The number of piperidine rings is 1. The molecule has 1 rings (SSSR count). The second kappa shape index (κ2) is 8.43. The number of nitrogens with zero attached hydrogens (tertiary/aromatic N) is 1. The van der Waals surface area contributed by atoms with Crippen LogP contribution in [0.5, 0.6) is 0 Å². The quantitative estimate of drug-likeness (QED) is 0.712. The predicted molar refractivity (Wildman–Crippen MR) is 79.0 cm³/mol. The smallest absolute Gasteiger partial charge is 0.237 e. The van der Waals surface area contributed by atoms with Gasteiger partial charge in [0.15, 0.2) is 0 Å². The van der Waals surface area contributed by atoms with E-state index in [1.54, 1.807) is 16.7 Å². The molecule has 0 aromatic rings. The molecule has 3 N–H and O–H groups in total. The zero-order valence-electron chi connectivity index (χ0n) is 11.9. The fourth-order valence-corrected chi connectivity index (χ4v) is 3.26. The molecule has 0 aromatic heterocycles. The Balaban J connectivity index is 2.39. The van der Waals surface area contributed by atoms with E-state index in [4.69, 9.17) is 5.73 Å². The fourth-order valence-electron chi connectivity index (χ4n) is 2.13. The fraction of sp³-hybridized carbons (Fsp3) is 0.846. The molecule has 1 saturated heterocycles.